The lowest BCUT2D eigenvalue weighted by atomic mass is 10.0. The molecule has 1 unspecified atom stereocenters. The molecule has 0 spiro atoms. The summed E-state index contributed by atoms with van der Waals surface area (Å²) in [6.07, 6.45) is 1.79. The summed E-state index contributed by atoms with van der Waals surface area (Å²) in [6, 6.07) is 16.7. The first-order valence-corrected chi connectivity index (χ1v) is 7.37. The van der Waals surface area contributed by atoms with Crippen LogP contribution in [-0.4, -0.2) is 9.55 Å². The Morgan fingerprint density at radius 3 is 2.67 bits per heavy atom. The molecule has 0 fully saturated rings. The number of aryl methyl sites for hydroxylation is 3. The molecule has 3 heteroatoms. The highest BCUT2D eigenvalue weighted by Gasteiger charge is 2.11. The first-order valence-electron chi connectivity index (χ1n) is 7.37. The molecule has 2 aromatic carbocycles. The van der Waals surface area contributed by atoms with E-state index >= 15 is 0 Å². The van der Waals surface area contributed by atoms with Gasteiger partial charge in [-0.15, -0.1) is 0 Å². The lowest BCUT2D eigenvalue weighted by Crippen LogP contribution is -2.12. The van der Waals surface area contributed by atoms with Gasteiger partial charge in [-0.1, -0.05) is 36.4 Å². The zero-order valence-electron chi connectivity index (χ0n) is 12.6. The summed E-state index contributed by atoms with van der Waals surface area (Å²) in [5.74, 6) is 1.10. The van der Waals surface area contributed by atoms with Crippen molar-refractivity contribution in [2.24, 2.45) is 12.8 Å². The van der Waals surface area contributed by atoms with Gasteiger partial charge in [-0.2, -0.15) is 0 Å². The molecule has 0 amide bonds. The van der Waals surface area contributed by atoms with Crippen LogP contribution in [-0.2, 0) is 13.5 Å². The molecule has 0 aliphatic rings. The van der Waals surface area contributed by atoms with E-state index in [-0.39, 0.29) is 6.04 Å². The molecule has 0 saturated heterocycles. The minimum Gasteiger partial charge on any atom is -0.331 e. The smallest absolute Gasteiger partial charge is 0.109 e. The van der Waals surface area contributed by atoms with Crippen LogP contribution in [0.2, 0.25) is 0 Å². The molecule has 108 valence electrons. The van der Waals surface area contributed by atoms with Gasteiger partial charge in [0.25, 0.3) is 0 Å². The quantitative estimate of drug-likeness (QED) is 0.794. The number of benzene rings is 2. The molecule has 0 bridgehead atoms. The molecule has 1 atom stereocenters. The van der Waals surface area contributed by atoms with Gasteiger partial charge in [-0.05, 0) is 36.6 Å². The Labute approximate surface area is 125 Å². The molecule has 1 heterocycles. The van der Waals surface area contributed by atoms with Gasteiger partial charge in [0.05, 0.1) is 11.0 Å². The first-order chi connectivity index (χ1) is 10.1. The molecule has 0 radical (unpaired) electrons. The highest BCUT2D eigenvalue weighted by Crippen LogP contribution is 2.20. The Hall–Kier alpha value is -2.13. The van der Waals surface area contributed by atoms with Crippen molar-refractivity contribution in [1.82, 2.24) is 9.55 Å². The molecular formula is C18H21N3. The van der Waals surface area contributed by atoms with Gasteiger partial charge in [0.1, 0.15) is 5.82 Å². The van der Waals surface area contributed by atoms with Crippen LogP contribution in [0.25, 0.3) is 11.0 Å². The number of fused-ring (bicyclic) bond motifs is 1. The van der Waals surface area contributed by atoms with Crippen LogP contribution in [0, 0.1) is 6.92 Å². The molecule has 2 N–H and O–H groups in total. The van der Waals surface area contributed by atoms with Crippen LogP contribution in [0.3, 0.4) is 0 Å². The Kier molecular flexibility index (Phi) is 3.76. The number of nitrogens with two attached hydrogens (primary N) is 1. The van der Waals surface area contributed by atoms with Gasteiger partial charge >= 0.3 is 0 Å². The molecule has 3 rings (SSSR count). The summed E-state index contributed by atoms with van der Waals surface area (Å²) in [5.41, 5.74) is 11.0. The summed E-state index contributed by atoms with van der Waals surface area (Å²) in [4.78, 5) is 4.75. The third kappa shape index (κ3) is 2.83. The minimum absolute atomic E-state index is 0.0627. The maximum atomic E-state index is 6.27. The Morgan fingerprint density at radius 1 is 1.14 bits per heavy atom. The maximum absolute atomic E-state index is 6.27. The third-order valence-electron chi connectivity index (χ3n) is 4.04. The fourth-order valence-electron chi connectivity index (χ4n) is 2.73. The number of nitrogens with zero attached hydrogens (tertiary/aromatic N) is 2. The average Bonchev–Trinajstić information content (AvgIpc) is 2.81. The van der Waals surface area contributed by atoms with E-state index in [9.17, 15) is 0 Å². The Bertz CT molecular complexity index is 744. The molecule has 0 aliphatic heterocycles. The topological polar surface area (TPSA) is 43.8 Å². The summed E-state index contributed by atoms with van der Waals surface area (Å²) >= 11 is 0. The lowest BCUT2D eigenvalue weighted by Gasteiger charge is -2.11. The monoisotopic (exact) mass is 279 g/mol. The van der Waals surface area contributed by atoms with E-state index in [0.29, 0.717) is 0 Å². The van der Waals surface area contributed by atoms with E-state index in [2.05, 4.69) is 48.9 Å². The summed E-state index contributed by atoms with van der Waals surface area (Å²) in [5, 5.41) is 0. The first kappa shape index (κ1) is 13.8. The predicted molar refractivity (Wildman–Crippen MR) is 87.1 cm³/mol. The number of hydrogen-bond acceptors (Lipinski definition) is 2. The number of hydrogen-bond donors (Lipinski definition) is 1. The van der Waals surface area contributed by atoms with Crippen molar-refractivity contribution < 1.29 is 0 Å². The van der Waals surface area contributed by atoms with Gasteiger partial charge < -0.3 is 10.3 Å². The van der Waals surface area contributed by atoms with Gasteiger partial charge in [0, 0.05) is 19.5 Å². The van der Waals surface area contributed by atoms with Gasteiger partial charge in [-0.3, -0.25) is 0 Å². The van der Waals surface area contributed by atoms with Crippen molar-refractivity contribution in [2.75, 3.05) is 0 Å². The van der Waals surface area contributed by atoms with E-state index < -0.39 is 0 Å². The fourth-order valence-corrected chi connectivity index (χ4v) is 2.73. The summed E-state index contributed by atoms with van der Waals surface area (Å²) in [7, 11) is 2.08. The third-order valence-corrected chi connectivity index (χ3v) is 4.04. The zero-order valence-corrected chi connectivity index (χ0v) is 12.6. The highest BCUT2D eigenvalue weighted by molar-refractivity contribution is 5.76. The minimum atomic E-state index is 0.0627. The largest absolute Gasteiger partial charge is 0.331 e. The van der Waals surface area contributed by atoms with Crippen molar-refractivity contribution in [3.05, 3.63) is 65.5 Å². The fraction of sp³-hybridized carbons (Fsp3) is 0.278. The second-order valence-electron chi connectivity index (χ2n) is 5.64. The SMILES string of the molecule is Cc1ccc2c(c1)nc(CCC(N)c1ccccc1)n2C. The number of rotatable bonds is 4. The van der Waals surface area contributed by atoms with E-state index in [1.165, 1.54) is 16.6 Å². The molecule has 21 heavy (non-hydrogen) atoms. The van der Waals surface area contributed by atoms with Gasteiger partial charge in [0.15, 0.2) is 0 Å². The summed E-state index contributed by atoms with van der Waals surface area (Å²) < 4.78 is 2.17. The second kappa shape index (κ2) is 5.70. The lowest BCUT2D eigenvalue weighted by molar-refractivity contribution is 0.623. The van der Waals surface area contributed by atoms with Crippen molar-refractivity contribution in [2.45, 2.75) is 25.8 Å². The van der Waals surface area contributed by atoms with Crippen LogP contribution in [0.4, 0.5) is 0 Å². The molecular weight excluding hydrogens is 258 g/mol. The molecule has 3 aromatic rings. The van der Waals surface area contributed by atoms with E-state index in [1.807, 2.05) is 18.2 Å². The zero-order chi connectivity index (χ0) is 14.8. The summed E-state index contributed by atoms with van der Waals surface area (Å²) in [6.45, 7) is 2.10. The normalized spacial score (nSPS) is 12.7. The van der Waals surface area contributed by atoms with Crippen molar-refractivity contribution in [1.29, 1.82) is 0 Å². The molecule has 3 nitrogen and oxygen atoms in total. The molecule has 0 saturated carbocycles. The van der Waals surface area contributed by atoms with Crippen LogP contribution in [0.15, 0.2) is 48.5 Å². The maximum Gasteiger partial charge on any atom is 0.109 e. The average molecular weight is 279 g/mol. The van der Waals surface area contributed by atoms with Gasteiger partial charge in [0.2, 0.25) is 0 Å². The highest BCUT2D eigenvalue weighted by atomic mass is 15.1. The van der Waals surface area contributed by atoms with Crippen LogP contribution < -0.4 is 5.73 Å². The van der Waals surface area contributed by atoms with Crippen LogP contribution in [0.5, 0.6) is 0 Å². The van der Waals surface area contributed by atoms with Crippen LogP contribution >= 0.6 is 0 Å². The van der Waals surface area contributed by atoms with E-state index in [1.54, 1.807) is 0 Å². The van der Waals surface area contributed by atoms with Crippen molar-refractivity contribution in [3.8, 4) is 0 Å². The number of imidazole rings is 1. The van der Waals surface area contributed by atoms with Crippen molar-refractivity contribution >= 4 is 11.0 Å². The molecule has 1 aromatic heterocycles. The number of aromatic nitrogens is 2. The van der Waals surface area contributed by atoms with E-state index in [4.69, 9.17) is 10.7 Å². The van der Waals surface area contributed by atoms with E-state index in [0.717, 1.165) is 24.2 Å². The predicted octanol–water partition coefficient (Wildman–Crippen LogP) is 3.51. The molecule has 0 aliphatic carbocycles. The van der Waals surface area contributed by atoms with Gasteiger partial charge in [-0.25, -0.2) is 4.98 Å². The van der Waals surface area contributed by atoms with Crippen LogP contribution in [0.1, 0.15) is 29.4 Å². The Morgan fingerprint density at radius 2 is 1.90 bits per heavy atom. The second-order valence-corrected chi connectivity index (χ2v) is 5.64. The standard InChI is InChI=1S/C18H21N3/c1-13-8-10-17-16(12-13)20-18(21(17)2)11-9-15(19)14-6-4-3-5-7-14/h3-8,10,12,15H,9,11,19H2,1-2H3. The Balaban J connectivity index is 1.78. The van der Waals surface area contributed by atoms with Crippen molar-refractivity contribution in [3.63, 3.8) is 0 Å².